The van der Waals surface area contributed by atoms with Gasteiger partial charge in [-0.1, -0.05) is 30.3 Å². The van der Waals surface area contributed by atoms with Crippen molar-refractivity contribution in [3.8, 4) is 11.3 Å². The summed E-state index contributed by atoms with van der Waals surface area (Å²) >= 11 is 0. The summed E-state index contributed by atoms with van der Waals surface area (Å²) in [4.78, 5) is 18.7. The van der Waals surface area contributed by atoms with Crippen molar-refractivity contribution in [1.82, 2.24) is 19.5 Å². The van der Waals surface area contributed by atoms with Gasteiger partial charge < -0.3 is 0 Å². The maximum atomic E-state index is 12.1. The number of carbonyl (C=O) groups is 1. The molecular formula is C22H25N5O3S. The van der Waals surface area contributed by atoms with E-state index in [1.165, 1.54) is 0 Å². The van der Waals surface area contributed by atoms with Gasteiger partial charge in [-0.3, -0.25) is 15.0 Å². The summed E-state index contributed by atoms with van der Waals surface area (Å²) < 4.78 is 25.0. The molecule has 1 aliphatic heterocycles. The van der Waals surface area contributed by atoms with Crippen molar-refractivity contribution in [2.24, 2.45) is 5.92 Å². The molecule has 1 saturated heterocycles. The van der Waals surface area contributed by atoms with Crippen LogP contribution in [0.15, 0.2) is 42.5 Å². The zero-order chi connectivity index (χ0) is 21.4. The first-order valence-electron chi connectivity index (χ1n) is 10.6. The molecule has 1 amide bonds. The Bertz CT molecular complexity index is 1200. The van der Waals surface area contributed by atoms with Crippen LogP contribution >= 0.6 is 0 Å². The highest BCUT2D eigenvalue weighted by Gasteiger charge is 2.25. The van der Waals surface area contributed by atoms with Gasteiger partial charge in [0.2, 0.25) is 11.9 Å². The summed E-state index contributed by atoms with van der Waals surface area (Å²) in [5, 5.41) is 7.31. The van der Waals surface area contributed by atoms with Crippen LogP contribution in [0, 0.1) is 5.92 Å². The molecule has 0 unspecified atom stereocenters. The number of amides is 1. The zero-order valence-electron chi connectivity index (χ0n) is 17.2. The van der Waals surface area contributed by atoms with Crippen LogP contribution in [0.3, 0.4) is 0 Å². The van der Waals surface area contributed by atoms with Crippen LogP contribution in [0.2, 0.25) is 0 Å². The highest BCUT2D eigenvalue weighted by atomic mass is 32.2. The predicted molar refractivity (Wildman–Crippen MR) is 118 cm³/mol. The van der Waals surface area contributed by atoms with Crippen LogP contribution < -0.4 is 5.32 Å². The van der Waals surface area contributed by atoms with Gasteiger partial charge in [-0.25, -0.2) is 12.9 Å². The number of hydrogen-bond acceptors (Lipinski definition) is 6. The van der Waals surface area contributed by atoms with Gasteiger partial charge in [-0.05, 0) is 36.5 Å². The molecule has 0 bridgehead atoms. The molecular weight excluding hydrogens is 414 g/mol. The zero-order valence-corrected chi connectivity index (χ0v) is 18.0. The normalized spacial score (nSPS) is 18.8. The molecule has 3 heterocycles. The van der Waals surface area contributed by atoms with Gasteiger partial charge in [0, 0.05) is 31.6 Å². The third-order valence-corrected chi connectivity index (χ3v) is 7.48. The Labute approximate surface area is 181 Å². The van der Waals surface area contributed by atoms with Gasteiger partial charge in [0.05, 0.1) is 17.2 Å². The SMILES string of the molecule is O=C(CC1CC1)Nc1nc2cccc(-c3ccc(CN4CCS(=O)(=O)CC4)cc3)n2n1. The van der Waals surface area contributed by atoms with Gasteiger partial charge in [-0.15, -0.1) is 5.10 Å². The van der Waals surface area contributed by atoms with E-state index in [1.807, 2.05) is 30.3 Å². The molecule has 1 saturated carbocycles. The molecule has 0 spiro atoms. The minimum absolute atomic E-state index is 0.0326. The monoisotopic (exact) mass is 439 g/mol. The quantitative estimate of drug-likeness (QED) is 0.633. The summed E-state index contributed by atoms with van der Waals surface area (Å²) in [5.41, 5.74) is 3.71. The fraction of sp³-hybridized carbons (Fsp3) is 0.409. The van der Waals surface area contributed by atoms with Gasteiger partial charge in [0.25, 0.3) is 0 Å². The number of pyridine rings is 1. The number of aromatic nitrogens is 3. The number of hydrogen-bond donors (Lipinski definition) is 1. The third-order valence-electron chi connectivity index (χ3n) is 5.87. The number of nitrogens with zero attached hydrogens (tertiary/aromatic N) is 4. The average Bonchev–Trinajstić information content (AvgIpc) is 3.45. The highest BCUT2D eigenvalue weighted by molar-refractivity contribution is 7.91. The minimum Gasteiger partial charge on any atom is -0.297 e. The van der Waals surface area contributed by atoms with Crippen LogP contribution in [-0.4, -0.2) is 58.4 Å². The van der Waals surface area contributed by atoms with Crippen LogP contribution in [0.25, 0.3) is 16.9 Å². The van der Waals surface area contributed by atoms with Gasteiger partial charge in [0.15, 0.2) is 15.5 Å². The van der Waals surface area contributed by atoms with Crippen LogP contribution in [-0.2, 0) is 21.2 Å². The van der Waals surface area contributed by atoms with Crippen molar-refractivity contribution in [2.45, 2.75) is 25.8 Å². The summed E-state index contributed by atoms with van der Waals surface area (Å²) in [5.74, 6) is 1.28. The maximum absolute atomic E-state index is 12.1. The number of fused-ring (bicyclic) bond motifs is 1. The average molecular weight is 440 g/mol. The van der Waals surface area contributed by atoms with Crippen LogP contribution in [0.4, 0.5) is 5.95 Å². The van der Waals surface area contributed by atoms with E-state index < -0.39 is 9.84 Å². The van der Waals surface area contributed by atoms with Crippen molar-refractivity contribution in [2.75, 3.05) is 29.9 Å². The Balaban J connectivity index is 1.31. The number of benzene rings is 1. The summed E-state index contributed by atoms with van der Waals surface area (Å²) in [6.07, 6.45) is 2.79. The smallest absolute Gasteiger partial charge is 0.249 e. The summed E-state index contributed by atoms with van der Waals surface area (Å²) in [6, 6.07) is 14.0. The molecule has 162 valence electrons. The van der Waals surface area contributed by atoms with Crippen molar-refractivity contribution in [1.29, 1.82) is 0 Å². The molecule has 31 heavy (non-hydrogen) atoms. The van der Waals surface area contributed by atoms with Crippen molar-refractivity contribution < 1.29 is 13.2 Å². The Hall–Kier alpha value is -2.78. The second kappa shape index (κ2) is 8.05. The van der Waals surface area contributed by atoms with Gasteiger partial charge in [-0.2, -0.15) is 4.98 Å². The molecule has 9 heteroatoms. The fourth-order valence-corrected chi connectivity index (χ4v) is 5.16. The number of rotatable bonds is 6. The molecule has 2 aromatic heterocycles. The van der Waals surface area contributed by atoms with E-state index in [0.29, 0.717) is 37.0 Å². The molecule has 1 aromatic carbocycles. The Morgan fingerprint density at radius 2 is 1.81 bits per heavy atom. The van der Waals surface area contributed by atoms with Gasteiger partial charge in [0.1, 0.15) is 0 Å². The lowest BCUT2D eigenvalue weighted by atomic mass is 10.1. The maximum Gasteiger partial charge on any atom is 0.249 e. The van der Waals surface area contributed by atoms with E-state index in [4.69, 9.17) is 0 Å². The Morgan fingerprint density at radius 3 is 2.52 bits per heavy atom. The molecule has 8 nitrogen and oxygen atoms in total. The van der Waals surface area contributed by atoms with Gasteiger partial charge >= 0.3 is 0 Å². The number of sulfone groups is 1. The molecule has 0 radical (unpaired) electrons. The largest absolute Gasteiger partial charge is 0.297 e. The Kier molecular flexibility index (Phi) is 5.23. The highest BCUT2D eigenvalue weighted by Crippen LogP contribution is 2.32. The Morgan fingerprint density at radius 1 is 1.06 bits per heavy atom. The van der Waals surface area contributed by atoms with E-state index in [9.17, 15) is 13.2 Å². The summed E-state index contributed by atoms with van der Waals surface area (Å²) in [7, 11) is -2.86. The second-order valence-electron chi connectivity index (χ2n) is 8.44. The number of nitrogens with one attached hydrogen (secondary N) is 1. The lowest BCUT2D eigenvalue weighted by Crippen LogP contribution is -2.39. The van der Waals surface area contributed by atoms with E-state index >= 15 is 0 Å². The summed E-state index contributed by atoms with van der Waals surface area (Å²) in [6.45, 7) is 1.90. The van der Waals surface area contributed by atoms with E-state index in [-0.39, 0.29) is 17.4 Å². The standard InChI is InChI=1S/C22H25N5O3S/c28-21(14-16-4-5-16)24-22-23-20-3-1-2-19(27(20)25-22)18-8-6-17(7-9-18)15-26-10-12-31(29,30)13-11-26/h1-3,6-9,16H,4-5,10-15H2,(H,24,25,28). The minimum atomic E-state index is -2.86. The second-order valence-corrected chi connectivity index (χ2v) is 10.7. The van der Waals surface area contributed by atoms with E-state index in [1.54, 1.807) is 4.52 Å². The molecule has 2 fully saturated rings. The predicted octanol–water partition coefficient (Wildman–Crippen LogP) is 2.37. The molecule has 0 atom stereocenters. The first-order valence-corrected chi connectivity index (χ1v) is 12.5. The van der Waals surface area contributed by atoms with E-state index in [2.05, 4.69) is 32.4 Å². The van der Waals surface area contributed by atoms with Crippen molar-refractivity contribution >= 4 is 27.3 Å². The first-order chi connectivity index (χ1) is 14.9. The first kappa shape index (κ1) is 20.1. The molecule has 1 N–H and O–H groups in total. The molecule has 1 aliphatic carbocycles. The topological polar surface area (TPSA) is 96.7 Å². The number of anilines is 1. The number of carbonyl (C=O) groups excluding carboxylic acids is 1. The fourth-order valence-electron chi connectivity index (χ4n) is 3.88. The third kappa shape index (κ3) is 4.77. The van der Waals surface area contributed by atoms with E-state index in [0.717, 1.165) is 36.2 Å². The van der Waals surface area contributed by atoms with Crippen LogP contribution in [0.5, 0.6) is 0 Å². The van der Waals surface area contributed by atoms with Crippen LogP contribution in [0.1, 0.15) is 24.8 Å². The lowest BCUT2D eigenvalue weighted by Gasteiger charge is -2.26. The van der Waals surface area contributed by atoms with Crippen molar-refractivity contribution in [3.63, 3.8) is 0 Å². The van der Waals surface area contributed by atoms with Crippen molar-refractivity contribution in [3.05, 3.63) is 48.0 Å². The molecule has 2 aliphatic rings. The molecule has 3 aromatic rings. The lowest BCUT2D eigenvalue weighted by molar-refractivity contribution is -0.116. The molecule has 5 rings (SSSR count).